The maximum absolute atomic E-state index is 11.2. The molecule has 0 saturated heterocycles. The first-order valence-corrected chi connectivity index (χ1v) is 5.77. The number of rotatable bonds is 3. The minimum atomic E-state index is 0.439. The lowest BCUT2D eigenvalue weighted by Crippen LogP contribution is -2.02. The van der Waals surface area contributed by atoms with Gasteiger partial charge in [-0.2, -0.15) is 0 Å². The van der Waals surface area contributed by atoms with Gasteiger partial charge in [0.05, 0.1) is 11.4 Å². The van der Waals surface area contributed by atoms with Crippen molar-refractivity contribution in [3.05, 3.63) is 41.2 Å². The van der Waals surface area contributed by atoms with Crippen molar-refractivity contribution in [1.29, 1.82) is 0 Å². The van der Waals surface area contributed by atoms with Crippen LogP contribution in [0.5, 0.6) is 0 Å². The number of carbonyl (C=O) groups is 1. The Morgan fingerprint density at radius 1 is 1.29 bits per heavy atom. The van der Waals surface area contributed by atoms with Crippen molar-refractivity contribution < 1.29 is 4.79 Å². The van der Waals surface area contributed by atoms with Crippen LogP contribution in [0.1, 0.15) is 40.5 Å². The number of aldehydes is 1. The van der Waals surface area contributed by atoms with Gasteiger partial charge in [0, 0.05) is 5.92 Å². The Balaban J connectivity index is 2.07. The van der Waals surface area contributed by atoms with E-state index in [0.29, 0.717) is 11.6 Å². The van der Waals surface area contributed by atoms with Crippen molar-refractivity contribution in [1.82, 2.24) is 15.0 Å². The minimum absolute atomic E-state index is 0.439. The summed E-state index contributed by atoms with van der Waals surface area (Å²) in [6.45, 7) is 2.03. The lowest BCUT2D eigenvalue weighted by atomic mass is 10.2. The van der Waals surface area contributed by atoms with E-state index < -0.39 is 0 Å². The second-order valence-electron chi connectivity index (χ2n) is 4.50. The highest BCUT2D eigenvalue weighted by Gasteiger charge is 2.30. The second kappa shape index (κ2) is 3.80. The van der Waals surface area contributed by atoms with Gasteiger partial charge < -0.3 is 0 Å². The molecule has 1 aromatic heterocycles. The van der Waals surface area contributed by atoms with Gasteiger partial charge in [0.2, 0.25) is 0 Å². The summed E-state index contributed by atoms with van der Waals surface area (Å²) in [5, 5.41) is 8.21. The third kappa shape index (κ3) is 1.75. The van der Waals surface area contributed by atoms with Crippen LogP contribution >= 0.6 is 0 Å². The first-order valence-electron chi connectivity index (χ1n) is 5.77. The van der Waals surface area contributed by atoms with Gasteiger partial charge in [-0.05, 0) is 31.9 Å². The highest BCUT2D eigenvalue weighted by atomic mass is 16.1. The molecule has 4 nitrogen and oxygen atoms in total. The normalized spacial score (nSPS) is 14.9. The van der Waals surface area contributed by atoms with E-state index in [1.807, 2.05) is 31.2 Å². The summed E-state index contributed by atoms with van der Waals surface area (Å²) in [5.74, 6) is 0.439. The fraction of sp³-hybridized carbons (Fsp3) is 0.308. The SMILES string of the molecule is Cc1ccc(-n2nnc(C3CC3)c2C=O)cc1. The largest absolute Gasteiger partial charge is 0.296 e. The summed E-state index contributed by atoms with van der Waals surface area (Å²) in [4.78, 5) is 11.2. The first-order chi connectivity index (χ1) is 8.29. The molecule has 17 heavy (non-hydrogen) atoms. The van der Waals surface area contributed by atoms with E-state index in [2.05, 4.69) is 10.3 Å². The summed E-state index contributed by atoms with van der Waals surface area (Å²) in [6.07, 6.45) is 3.09. The van der Waals surface area contributed by atoms with Gasteiger partial charge in [-0.3, -0.25) is 4.79 Å². The van der Waals surface area contributed by atoms with Gasteiger partial charge >= 0.3 is 0 Å². The van der Waals surface area contributed by atoms with Crippen LogP contribution in [-0.2, 0) is 0 Å². The Hall–Kier alpha value is -1.97. The number of nitrogens with zero attached hydrogens (tertiary/aromatic N) is 3. The van der Waals surface area contributed by atoms with E-state index in [0.717, 1.165) is 30.5 Å². The summed E-state index contributed by atoms with van der Waals surface area (Å²) < 4.78 is 1.63. The van der Waals surface area contributed by atoms with E-state index >= 15 is 0 Å². The van der Waals surface area contributed by atoms with Crippen LogP contribution < -0.4 is 0 Å². The molecule has 1 aliphatic rings. The molecule has 86 valence electrons. The van der Waals surface area contributed by atoms with Gasteiger partial charge in [-0.25, -0.2) is 4.68 Å². The second-order valence-corrected chi connectivity index (χ2v) is 4.50. The Bertz CT molecular complexity index is 553. The zero-order valence-corrected chi connectivity index (χ0v) is 9.63. The number of benzene rings is 1. The highest BCUT2D eigenvalue weighted by Crippen LogP contribution is 2.40. The van der Waals surface area contributed by atoms with Crippen molar-refractivity contribution in [3.8, 4) is 5.69 Å². The Kier molecular flexibility index (Phi) is 2.28. The average Bonchev–Trinajstić information content (AvgIpc) is 3.10. The van der Waals surface area contributed by atoms with Gasteiger partial charge in [0.15, 0.2) is 6.29 Å². The van der Waals surface area contributed by atoms with E-state index in [-0.39, 0.29) is 0 Å². The number of hydrogen-bond acceptors (Lipinski definition) is 3. The van der Waals surface area contributed by atoms with Gasteiger partial charge in [0.25, 0.3) is 0 Å². The number of aryl methyl sites for hydroxylation is 1. The molecule has 0 atom stereocenters. The Labute approximate surface area is 99.3 Å². The maximum atomic E-state index is 11.2. The zero-order chi connectivity index (χ0) is 11.8. The fourth-order valence-electron chi connectivity index (χ4n) is 1.94. The van der Waals surface area contributed by atoms with E-state index in [1.165, 1.54) is 5.56 Å². The molecule has 2 aromatic rings. The monoisotopic (exact) mass is 227 g/mol. The molecule has 3 rings (SSSR count). The minimum Gasteiger partial charge on any atom is -0.296 e. The molecule has 1 heterocycles. The molecule has 0 unspecified atom stereocenters. The molecule has 0 bridgehead atoms. The predicted octanol–water partition coefficient (Wildman–Crippen LogP) is 2.27. The van der Waals surface area contributed by atoms with Crippen LogP contribution in [0, 0.1) is 6.92 Å². The summed E-state index contributed by atoms with van der Waals surface area (Å²) in [6, 6.07) is 7.91. The molecule has 0 aliphatic heterocycles. The van der Waals surface area contributed by atoms with Crippen molar-refractivity contribution in [2.45, 2.75) is 25.7 Å². The average molecular weight is 227 g/mol. The molecule has 1 fully saturated rings. The lowest BCUT2D eigenvalue weighted by Gasteiger charge is -2.02. The van der Waals surface area contributed by atoms with Crippen LogP contribution in [0.4, 0.5) is 0 Å². The third-order valence-corrected chi connectivity index (χ3v) is 3.09. The topological polar surface area (TPSA) is 47.8 Å². The molecule has 1 aromatic carbocycles. The van der Waals surface area contributed by atoms with Gasteiger partial charge in [0.1, 0.15) is 5.69 Å². The van der Waals surface area contributed by atoms with Crippen LogP contribution in [0.2, 0.25) is 0 Å². The predicted molar refractivity (Wildman–Crippen MR) is 63.5 cm³/mol. The summed E-state index contributed by atoms with van der Waals surface area (Å²) >= 11 is 0. The van der Waals surface area contributed by atoms with Gasteiger partial charge in [-0.15, -0.1) is 5.10 Å². The van der Waals surface area contributed by atoms with E-state index in [9.17, 15) is 4.79 Å². The summed E-state index contributed by atoms with van der Waals surface area (Å²) in [7, 11) is 0. The zero-order valence-electron chi connectivity index (χ0n) is 9.63. The molecule has 0 radical (unpaired) electrons. The van der Waals surface area contributed by atoms with Crippen molar-refractivity contribution >= 4 is 6.29 Å². The van der Waals surface area contributed by atoms with Crippen LogP contribution in [0.3, 0.4) is 0 Å². The smallest absolute Gasteiger partial charge is 0.170 e. The number of hydrogen-bond donors (Lipinski definition) is 0. The molecule has 0 spiro atoms. The Morgan fingerprint density at radius 2 is 2.00 bits per heavy atom. The van der Waals surface area contributed by atoms with Crippen molar-refractivity contribution in [2.75, 3.05) is 0 Å². The third-order valence-electron chi connectivity index (χ3n) is 3.09. The van der Waals surface area contributed by atoms with Crippen molar-refractivity contribution in [2.24, 2.45) is 0 Å². The van der Waals surface area contributed by atoms with E-state index in [1.54, 1.807) is 4.68 Å². The number of carbonyl (C=O) groups excluding carboxylic acids is 1. The molecular formula is C13H13N3O. The van der Waals surface area contributed by atoms with Crippen LogP contribution in [0.15, 0.2) is 24.3 Å². The first kappa shape index (κ1) is 10.2. The molecule has 0 amide bonds. The Morgan fingerprint density at radius 3 is 2.59 bits per heavy atom. The molecular weight excluding hydrogens is 214 g/mol. The van der Waals surface area contributed by atoms with Gasteiger partial charge in [-0.1, -0.05) is 22.9 Å². The number of aromatic nitrogens is 3. The van der Waals surface area contributed by atoms with Crippen LogP contribution in [0.25, 0.3) is 5.69 Å². The summed E-state index contributed by atoms with van der Waals surface area (Å²) in [5.41, 5.74) is 3.51. The molecule has 1 aliphatic carbocycles. The van der Waals surface area contributed by atoms with Crippen molar-refractivity contribution in [3.63, 3.8) is 0 Å². The quantitative estimate of drug-likeness (QED) is 0.756. The molecule has 0 N–H and O–H groups in total. The van der Waals surface area contributed by atoms with Crippen LogP contribution in [-0.4, -0.2) is 21.3 Å². The standard InChI is InChI=1S/C13H13N3O/c1-9-2-6-11(7-3-9)16-12(8-17)13(14-15-16)10-4-5-10/h2-3,6-8,10H,4-5H2,1H3. The fourth-order valence-corrected chi connectivity index (χ4v) is 1.94. The van der Waals surface area contributed by atoms with E-state index in [4.69, 9.17) is 0 Å². The maximum Gasteiger partial charge on any atom is 0.170 e. The molecule has 4 heteroatoms. The molecule has 1 saturated carbocycles. The lowest BCUT2D eigenvalue weighted by molar-refractivity contribution is 0.111. The highest BCUT2D eigenvalue weighted by molar-refractivity contribution is 5.75.